The molecule has 1 fully saturated rings. The van der Waals surface area contributed by atoms with Crippen molar-refractivity contribution in [1.29, 1.82) is 0 Å². The summed E-state index contributed by atoms with van der Waals surface area (Å²) in [4.78, 5) is 14.5. The van der Waals surface area contributed by atoms with E-state index in [4.69, 9.17) is 0 Å². The summed E-state index contributed by atoms with van der Waals surface area (Å²) in [5.74, 6) is 0.136. The Labute approximate surface area is 116 Å². The molecule has 0 radical (unpaired) electrons. The Morgan fingerprint density at radius 3 is 2.84 bits per heavy atom. The summed E-state index contributed by atoms with van der Waals surface area (Å²) in [6.07, 6.45) is 0. The SMILES string of the molecule is O=C(c1ccsc1)N1CCNCC1c1ccccc1. The van der Waals surface area contributed by atoms with Crippen molar-refractivity contribution < 1.29 is 4.79 Å². The minimum Gasteiger partial charge on any atom is -0.329 e. The third-order valence-electron chi connectivity index (χ3n) is 3.46. The highest BCUT2D eigenvalue weighted by Gasteiger charge is 2.28. The van der Waals surface area contributed by atoms with Crippen molar-refractivity contribution in [2.45, 2.75) is 6.04 Å². The molecular formula is C15H16N2OS. The molecule has 1 unspecified atom stereocenters. The van der Waals surface area contributed by atoms with Crippen LogP contribution in [0.4, 0.5) is 0 Å². The van der Waals surface area contributed by atoms with Gasteiger partial charge in [-0.2, -0.15) is 11.3 Å². The van der Waals surface area contributed by atoms with E-state index >= 15 is 0 Å². The number of amides is 1. The van der Waals surface area contributed by atoms with E-state index in [1.165, 1.54) is 5.56 Å². The molecule has 0 spiro atoms. The van der Waals surface area contributed by atoms with E-state index in [1.54, 1.807) is 11.3 Å². The molecule has 1 aromatic carbocycles. The Morgan fingerprint density at radius 2 is 2.11 bits per heavy atom. The lowest BCUT2D eigenvalue weighted by atomic mass is 10.0. The molecule has 0 aliphatic carbocycles. The minimum absolute atomic E-state index is 0.127. The highest BCUT2D eigenvalue weighted by Crippen LogP contribution is 2.24. The molecule has 3 nitrogen and oxygen atoms in total. The first kappa shape index (κ1) is 12.4. The van der Waals surface area contributed by atoms with Crippen LogP contribution in [0.1, 0.15) is 22.0 Å². The van der Waals surface area contributed by atoms with Gasteiger partial charge in [0.15, 0.2) is 0 Å². The Morgan fingerprint density at radius 1 is 1.26 bits per heavy atom. The molecule has 1 N–H and O–H groups in total. The normalized spacial score (nSPS) is 19.4. The summed E-state index contributed by atoms with van der Waals surface area (Å²) < 4.78 is 0. The third kappa shape index (κ3) is 2.55. The number of nitrogens with zero attached hydrogens (tertiary/aromatic N) is 1. The largest absolute Gasteiger partial charge is 0.329 e. The summed E-state index contributed by atoms with van der Waals surface area (Å²) in [7, 11) is 0. The van der Waals surface area contributed by atoms with Gasteiger partial charge in [-0.05, 0) is 17.0 Å². The number of hydrogen-bond acceptors (Lipinski definition) is 3. The fraction of sp³-hybridized carbons (Fsp3) is 0.267. The van der Waals surface area contributed by atoms with E-state index in [2.05, 4.69) is 17.4 Å². The lowest BCUT2D eigenvalue weighted by Gasteiger charge is -2.36. The van der Waals surface area contributed by atoms with Gasteiger partial charge < -0.3 is 10.2 Å². The Balaban J connectivity index is 1.87. The van der Waals surface area contributed by atoms with Crippen LogP contribution in [0.25, 0.3) is 0 Å². The van der Waals surface area contributed by atoms with Crippen LogP contribution in [-0.2, 0) is 0 Å². The number of carbonyl (C=O) groups is 1. The molecule has 1 aromatic heterocycles. The molecule has 2 heterocycles. The minimum atomic E-state index is 0.127. The molecule has 1 aliphatic rings. The second-order valence-corrected chi connectivity index (χ2v) is 5.42. The van der Waals surface area contributed by atoms with Crippen LogP contribution in [-0.4, -0.2) is 30.4 Å². The van der Waals surface area contributed by atoms with Crippen molar-refractivity contribution in [2.24, 2.45) is 0 Å². The van der Waals surface area contributed by atoms with Crippen LogP contribution in [0, 0.1) is 0 Å². The average molecular weight is 272 g/mol. The third-order valence-corrected chi connectivity index (χ3v) is 4.14. The van der Waals surface area contributed by atoms with Crippen LogP contribution in [0.5, 0.6) is 0 Å². The van der Waals surface area contributed by atoms with Gasteiger partial charge in [0, 0.05) is 25.0 Å². The summed E-state index contributed by atoms with van der Waals surface area (Å²) in [6.45, 7) is 2.44. The molecule has 0 bridgehead atoms. The molecule has 4 heteroatoms. The smallest absolute Gasteiger partial charge is 0.255 e. The van der Waals surface area contributed by atoms with Gasteiger partial charge in [0.05, 0.1) is 11.6 Å². The van der Waals surface area contributed by atoms with Crippen molar-refractivity contribution in [3.63, 3.8) is 0 Å². The van der Waals surface area contributed by atoms with Crippen molar-refractivity contribution in [3.05, 3.63) is 58.3 Å². The van der Waals surface area contributed by atoms with E-state index in [0.29, 0.717) is 0 Å². The number of thiophene rings is 1. The molecule has 1 atom stereocenters. The molecule has 1 amide bonds. The van der Waals surface area contributed by atoms with Gasteiger partial charge in [0.25, 0.3) is 5.91 Å². The predicted octanol–water partition coefficient (Wildman–Crippen LogP) is 2.53. The lowest BCUT2D eigenvalue weighted by molar-refractivity contribution is 0.0635. The van der Waals surface area contributed by atoms with Gasteiger partial charge >= 0.3 is 0 Å². The number of carbonyl (C=O) groups excluding carboxylic acids is 1. The second-order valence-electron chi connectivity index (χ2n) is 4.64. The Bertz CT molecular complexity index is 539. The first-order chi connectivity index (χ1) is 9.36. The quantitative estimate of drug-likeness (QED) is 0.911. The molecule has 3 rings (SSSR count). The standard InChI is InChI=1S/C15H16N2OS/c18-15(13-6-9-19-11-13)17-8-7-16-10-14(17)12-4-2-1-3-5-12/h1-6,9,11,14,16H,7-8,10H2. The molecule has 19 heavy (non-hydrogen) atoms. The van der Waals surface area contributed by atoms with Gasteiger partial charge in [-0.25, -0.2) is 0 Å². The summed E-state index contributed by atoms with van der Waals surface area (Å²) in [5, 5.41) is 7.25. The highest BCUT2D eigenvalue weighted by molar-refractivity contribution is 7.08. The predicted molar refractivity (Wildman–Crippen MR) is 77.4 cm³/mol. The van der Waals surface area contributed by atoms with E-state index in [9.17, 15) is 4.79 Å². The lowest BCUT2D eigenvalue weighted by Crippen LogP contribution is -2.48. The van der Waals surface area contributed by atoms with Gasteiger partial charge in [-0.3, -0.25) is 4.79 Å². The molecule has 1 saturated heterocycles. The zero-order valence-corrected chi connectivity index (χ0v) is 11.4. The van der Waals surface area contributed by atoms with Crippen LogP contribution >= 0.6 is 11.3 Å². The fourth-order valence-electron chi connectivity index (χ4n) is 2.47. The van der Waals surface area contributed by atoms with Crippen molar-refractivity contribution in [2.75, 3.05) is 19.6 Å². The number of benzene rings is 1. The van der Waals surface area contributed by atoms with Gasteiger partial charge in [-0.1, -0.05) is 30.3 Å². The molecular weight excluding hydrogens is 256 g/mol. The molecule has 0 saturated carbocycles. The van der Waals surface area contributed by atoms with Crippen LogP contribution < -0.4 is 5.32 Å². The molecule has 1 aliphatic heterocycles. The Hall–Kier alpha value is -1.65. The van der Waals surface area contributed by atoms with E-state index in [-0.39, 0.29) is 11.9 Å². The molecule has 98 valence electrons. The number of nitrogens with one attached hydrogen (secondary N) is 1. The first-order valence-corrected chi connectivity index (χ1v) is 7.39. The van der Waals surface area contributed by atoms with Crippen LogP contribution in [0.2, 0.25) is 0 Å². The summed E-state index contributed by atoms with van der Waals surface area (Å²) in [5.41, 5.74) is 1.99. The number of rotatable bonds is 2. The number of hydrogen-bond donors (Lipinski definition) is 1. The van der Waals surface area contributed by atoms with Crippen molar-refractivity contribution in [1.82, 2.24) is 10.2 Å². The first-order valence-electron chi connectivity index (χ1n) is 6.45. The summed E-state index contributed by atoms with van der Waals surface area (Å²) in [6, 6.07) is 12.3. The zero-order valence-electron chi connectivity index (χ0n) is 10.6. The zero-order chi connectivity index (χ0) is 13.1. The average Bonchev–Trinajstić information content (AvgIpc) is 3.02. The van der Waals surface area contributed by atoms with Crippen molar-refractivity contribution in [3.8, 4) is 0 Å². The van der Waals surface area contributed by atoms with E-state index < -0.39 is 0 Å². The van der Waals surface area contributed by atoms with E-state index in [0.717, 1.165) is 25.2 Å². The van der Waals surface area contributed by atoms with Gasteiger partial charge in [0.2, 0.25) is 0 Å². The highest BCUT2D eigenvalue weighted by atomic mass is 32.1. The van der Waals surface area contributed by atoms with E-state index in [1.807, 2.05) is 39.9 Å². The second kappa shape index (κ2) is 5.55. The maximum absolute atomic E-state index is 12.5. The molecule has 2 aromatic rings. The summed E-state index contributed by atoms with van der Waals surface area (Å²) >= 11 is 1.57. The Kier molecular flexibility index (Phi) is 3.62. The van der Waals surface area contributed by atoms with Crippen molar-refractivity contribution >= 4 is 17.2 Å². The van der Waals surface area contributed by atoms with Crippen LogP contribution in [0.3, 0.4) is 0 Å². The fourth-order valence-corrected chi connectivity index (χ4v) is 3.10. The maximum Gasteiger partial charge on any atom is 0.255 e. The maximum atomic E-state index is 12.5. The monoisotopic (exact) mass is 272 g/mol. The topological polar surface area (TPSA) is 32.3 Å². The van der Waals surface area contributed by atoms with Crippen LogP contribution in [0.15, 0.2) is 47.2 Å². The van der Waals surface area contributed by atoms with Gasteiger partial charge in [-0.15, -0.1) is 0 Å². The van der Waals surface area contributed by atoms with Gasteiger partial charge in [0.1, 0.15) is 0 Å². The number of piperazine rings is 1.